The Labute approximate surface area is 158 Å². The average molecular weight is 391 g/mol. The molecule has 0 amide bonds. The van der Waals surface area contributed by atoms with Gasteiger partial charge in [0.25, 0.3) is 5.22 Å². The Morgan fingerprint density at radius 3 is 2.35 bits per heavy atom. The van der Waals surface area contributed by atoms with Gasteiger partial charge in [0.1, 0.15) is 5.52 Å². The highest BCUT2D eigenvalue weighted by Gasteiger charge is 2.19. The molecular weight excluding hydrogens is 368 g/mol. The van der Waals surface area contributed by atoms with E-state index in [1.807, 2.05) is 0 Å². The average Bonchev–Trinajstić information content (AvgIpc) is 2.95. The summed E-state index contributed by atoms with van der Waals surface area (Å²) in [5, 5.41) is 0.541. The van der Waals surface area contributed by atoms with Crippen LogP contribution in [-0.2, 0) is 15.8 Å². The molecule has 1 aromatic heterocycles. The molecule has 3 aromatic rings. The highest BCUT2D eigenvalue weighted by atomic mass is 32.2. The number of rotatable bonds is 5. The molecule has 0 atom stereocenters. The van der Waals surface area contributed by atoms with Gasteiger partial charge in [-0.05, 0) is 55.7 Å². The maximum atomic E-state index is 12.3. The van der Waals surface area contributed by atoms with E-state index in [1.165, 1.54) is 52.4 Å². The van der Waals surface area contributed by atoms with Gasteiger partial charge in [-0.1, -0.05) is 29.5 Å². The quantitative estimate of drug-likeness (QED) is 0.608. The molecule has 7 heteroatoms. The van der Waals surface area contributed by atoms with E-state index >= 15 is 0 Å². The molecule has 0 aliphatic carbocycles. The van der Waals surface area contributed by atoms with Crippen molar-refractivity contribution < 1.29 is 12.8 Å². The first-order valence-electron chi connectivity index (χ1n) is 8.21. The third kappa shape index (κ3) is 3.65. The number of aryl methyl sites for hydroxylation is 3. The highest BCUT2D eigenvalue weighted by molar-refractivity contribution is 7.98. The number of thioether (sulfide) groups is 1. The Morgan fingerprint density at radius 1 is 1.08 bits per heavy atom. The molecule has 1 heterocycles. The molecule has 138 valence electrons. The van der Waals surface area contributed by atoms with Gasteiger partial charge in [-0.15, -0.1) is 0 Å². The van der Waals surface area contributed by atoms with E-state index in [0.717, 1.165) is 5.75 Å². The standard InChI is InChI=1S/C19H22N2O3S2/c1-12-8-13(2)16(14(3)9-12)11-25-19-20-17-10-15(6-7-18(17)24-19)26(22,23)21(4)5/h6-10H,11H2,1-5H3. The summed E-state index contributed by atoms with van der Waals surface area (Å²) in [4.78, 5) is 4.66. The zero-order valence-electron chi connectivity index (χ0n) is 15.5. The maximum absolute atomic E-state index is 12.3. The second-order valence-electron chi connectivity index (χ2n) is 6.56. The molecule has 3 rings (SSSR count). The van der Waals surface area contributed by atoms with Crippen molar-refractivity contribution in [2.24, 2.45) is 0 Å². The Bertz CT molecular complexity index is 1050. The van der Waals surface area contributed by atoms with E-state index in [9.17, 15) is 8.42 Å². The fourth-order valence-corrected chi connectivity index (χ4v) is 4.85. The lowest BCUT2D eigenvalue weighted by Gasteiger charge is -2.10. The highest BCUT2D eigenvalue weighted by Crippen LogP contribution is 2.30. The lowest BCUT2D eigenvalue weighted by atomic mass is 10.0. The van der Waals surface area contributed by atoms with Crippen molar-refractivity contribution in [2.45, 2.75) is 36.6 Å². The minimum Gasteiger partial charge on any atom is -0.431 e. The van der Waals surface area contributed by atoms with Crippen LogP contribution in [0.5, 0.6) is 0 Å². The second-order valence-corrected chi connectivity index (χ2v) is 9.64. The van der Waals surface area contributed by atoms with Crippen LogP contribution >= 0.6 is 11.8 Å². The molecule has 26 heavy (non-hydrogen) atoms. The van der Waals surface area contributed by atoms with Crippen LogP contribution in [0.4, 0.5) is 0 Å². The molecule has 0 aliphatic heterocycles. The predicted molar refractivity (Wildman–Crippen MR) is 105 cm³/mol. The first-order valence-corrected chi connectivity index (χ1v) is 10.6. The third-order valence-corrected chi connectivity index (χ3v) is 6.96. The number of benzene rings is 2. The number of oxazole rings is 1. The van der Waals surface area contributed by atoms with Crippen LogP contribution in [0.1, 0.15) is 22.3 Å². The second kappa shape index (κ2) is 7.06. The Balaban J connectivity index is 1.86. The molecule has 0 radical (unpaired) electrons. The summed E-state index contributed by atoms with van der Waals surface area (Å²) in [6, 6.07) is 9.11. The maximum Gasteiger partial charge on any atom is 0.257 e. The zero-order chi connectivity index (χ0) is 19.1. The van der Waals surface area contributed by atoms with E-state index in [4.69, 9.17) is 4.42 Å². The van der Waals surface area contributed by atoms with Gasteiger partial charge in [0.15, 0.2) is 5.58 Å². The summed E-state index contributed by atoms with van der Waals surface area (Å²) in [6.07, 6.45) is 0. The molecule has 2 aromatic carbocycles. The number of fused-ring (bicyclic) bond motifs is 1. The van der Waals surface area contributed by atoms with Gasteiger partial charge in [0.2, 0.25) is 10.0 Å². The van der Waals surface area contributed by atoms with Crippen molar-refractivity contribution in [1.29, 1.82) is 0 Å². The molecule has 0 saturated carbocycles. The fourth-order valence-electron chi connectivity index (χ4n) is 2.89. The summed E-state index contributed by atoms with van der Waals surface area (Å²) < 4.78 is 31.5. The van der Waals surface area contributed by atoms with Crippen molar-refractivity contribution in [2.75, 3.05) is 14.1 Å². The molecule has 0 fully saturated rings. The minimum atomic E-state index is -3.48. The molecule has 0 bridgehead atoms. The number of aromatic nitrogens is 1. The molecular formula is C19H22N2O3S2. The van der Waals surface area contributed by atoms with Gasteiger partial charge < -0.3 is 4.42 Å². The Hall–Kier alpha value is -1.83. The molecule has 0 unspecified atom stereocenters. The van der Waals surface area contributed by atoms with Gasteiger partial charge in [-0.2, -0.15) is 0 Å². The fraction of sp³-hybridized carbons (Fsp3) is 0.316. The normalized spacial score (nSPS) is 12.2. The van der Waals surface area contributed by atoms with Crippen molar-refractivity contribution in [1.82, 2.24) is 9.29 Å². The monoisotopic (exact) mass is 390 g/mol. The van der Waals surface area contributed by atoms with E-state index in [-0.39, 0.29) is 4.90 Å². The summed E-state index contributed by atoms with van der Waals surface area (Å²) in [5.74, 6) is 0.758. The molecule has 0 saturated heterocycles. The van der Waals surface area contributed by atoms with Crippen LogP contribution < -0.4 is 0 Å². The van der Waals surface area contributed by atoms with Crippen LogP contribution in [-0.4, -0.2) is 31.8 Å². The van der Waals surface area contributed by atoms with Gasteiger partial charge in [-0.3, -0.25) is 0 Å². The summed E-state index contributed by atoms with van der Waals surface area (Å²) in [5.41, 5.74) is 6.18. The van der Waals surface area contributed by atoms with Gasteiger partial charge in [-0.25, -0.2) is 17.7 Å². The number of nitrogens with zero attached hydrogens (tertiary/aromatic N) is 2. The van der Waals surface area contributed by atoms with Crippen LogP contribution in [0.2, 0.25) is 0 Å². The Kier molecular flexibility index (Phi) is 5.14. The van der Waals surface area contributed by atoms with Crippen molar-refractivity contribution >= 4 is 32.9 Å². The van der Waals surface area contributed by atoms with E-state index in [0.29, 0.717) is 16.3 Å². The van der Waals surface area contributed by atoms with Crippen molar-refractivity contribution in [3.63, 3.8) is 0 Å². The Morgan fingerprint density at radius 2 is 1.73 bits per heavy atom. The molecule has 5 nitrogen and oxygen atoms in total. The first kappa shape index (κ1) is 18.9. The molecule has 0 spiro atoms. The predicted octanol–water partition coefficient (Wildman–Crippen LogP) is 4.30. The number of hydrogen-bond donors (Lipinski definition) is 0. The van der Waals surface area contributed by atoms with Crippen molar-refractivity contribution in [3.05, 3.63) is 52.6 Å². The first-order chi connectivity index (χ1) is 12.2. The number of hydrogen-bond acceptors (Lipinski definition) is 5. The van der Waals surface area contributed by atoms with Gasteiger partial charge in [0.05, 0.1) is 4.90 Å². The smallest absolute Gasteiger partial charge is 0.257 e. The summed E-state index contributed by atoms with van der Waals surface area (Å²) >= 11 is 1.52. The third-order valence-electron chi connectivity index (χ3n) is 4.30. The molecule has 0 aliphatic rings. The zero-order valence-corrected chi connectivity index (χ0v) is 17.2. The van der Waals surface area contributed by atoms with Crippen LogP contribution in [0.3, 0.4) is 0 Å². The van der Waals surface area contributed by atoms with Crippen molar-refractivity contribution in [3.8, 4) is 0 Å². The van der Waals surface area contributed by atoms with Crippen LogP contribution in [0.15, 0.2) is 44.9 Å². The SMILES string of the molecule is Cc1cc(C)c(CSc2nc3cc(S(=O)(=O)N(C)C)ccc3o2)c(C)c1. The van der Waals surface area contributed by atoms with E-state index in [2.05, 4.69) is 37.9 Å². The van der Waals surface area contributed by atoms with Crippen LogP contribution in [0.25, 0.3) is 11.1 Å². The van der Waals surface area contributed by atoms with Crippen LogP contribution in [0, 0.1) is 20.8 Å². The van der Waals surface area contributed by atoms with Gasteiger partial charge in [0, 0.05) is 19.8 Å². The summed E-state index contributed by atoms with van der Waals surface area (Å²) in [7, 11) is -0.465. The summed E-state index contributed by atoms with van der Waals surface area (Å²) in [6.45, 7) is 6.32. The largest absolute Gasteiger partial charge is 0.431 e. The molecule has 0 N–H and O–H groups in total. The number of sulfonamides is 1. The van der Waals surface area contributed by atoms with E-state index in [1.54, 1.807) is 18.2 Å². The van der Waals surface area contributed by atoms with E-state index < -0.39 is 10.0 Å². The topological polar surface area (TPSA) is 63.4 Å². The minimum absolute atomic E-state index is 0.213. The van der Waals surface area contributed by atoms with Gasteiger partial charge >= 0.3 is 0 Å². The lowest BCUT2D eigenvalue weighted by molar-refractivity contribution is 0.489. The lowest BCUT2D eigenvalue weighted by Crippen LogP contribution is -2.22.